The van der Waals surface area contributed by atoms with Crippen LogP contribution in [0.3, 0.4) is 0 Å². The Kier molecular flexibility index (Phi) is 6.46. The minimum Gasteiger partial charge on any atom is -0.352 e. The molecule has 2 N–H and O–H groups in total. The van der Waals surface area contributed by atoms with Crippen molar-refractivity contribution in [2.75, 3.05) is 38.2 Å². The van der Waals surface area contributed by atoms with E-state index in [4.69, 9.17) is 0 Å². The second kappa shape index (κ2) is 7.36. The van der Waals surface area contributed by atoms with E-state index >= 15 is 0 Å². The molecule has 1 fully saturated rings. The normalized spacial score (nSPS) is 19.6. The zero-order valence-corrected chi connectivity index (χ0v) is 12.9. The van der Waals surface area contributed by atoms with E-state index in [2.05, 4.69) is 28.7 Å². The molecule has 4 nitrogen and oxygen atoms in total. The lowest BCUT2D eigenvalue weighted by Gasteiger charge is -2.40. The van der Waals surface area contributed by atoms with Gasteiger partial charge in [-0.05, 0) is 39.2 Å². The standard InChI is InChI=1S/C13H27N3OS/c1-11(5-10-18-4)15-12(17)13(2,3)16-8-6-14-7-9-16/h11,14H,5-10H2,1-4H3,(H,15,17). The fourth-order valence-corrected chi connectivity index (χ4v) is 2.72. The van der Waals surface area contributed by atoms with Crippen LogP contribution in [0.2, 0.25) is 0 Å². The van der Waals surface area contributed by atoms with Gasteiger partial charge in [0, 0.05) is 32.2 Å². The second-order valence-corrected chi connectivity index (χ2v) is 6.44. The number of carbonyl (C=O) groups is 1. The van der Waals surface area contributed by atoms with Gasteiger partial charge in [0.25, 0.3) is 0 Å². The van der Waals surface area contributed by atoms with E-state index in [1.165, 1.54) is 0 Å². The number of carbonyl (C=O) groups excluding carboxylic acids is 1. The van der Waals surface area contributed by atoms with Gasteiger partial charge >= 0.3 is 0 Å². The van der Waals surface area contributed by atoms with Gasteiger partial charge in [0.15, 0.2) is 0 Å². The van der Waals surface area contributed by atoms with Crippen LogP contribution in [0.4, 0.5) is 0 Å². The Labute approximate surface area is 115 Å². The van der Waals surface area contributed by atoms with Crippen molar-refractivity contribution in [3.05, 3.63) is 0 Å². The van der Waals surface area contributed by atoms with Crippen LogP contribution in [0.15, 0.2) is 0 Å². The molecule has 0 saturated carbocycles. The molecule has 0 radical (unpaired) electrons. The van der Waals surface area contributed by atoms with Crippen LogP contribution < -0.4 is 10.6 Å². The molecule has 106 valence electrons. The molecule has 1 aliphatic heterocycles. The third kappa shape index (κ3) is 4.44. The molecule has 1 atom stereocenters. The number of amides is 1. The van der Waals surface area contributed by atoms with Crippen molar-refractivity contribution >= 4 is 17.7 Å². The van der Waals surface area contributed by atoms with Gasteiger partial charge in [0.05, 0.1) is 5.54 Å². The molecule has 0 aromatic rings. The highest BCUT2D eigenvalue weighted by molar-refractivity contribution is 7.98. The van der Waals surface area contributed by atoms with Crippen molar-refractivity contribution in [1.29, 1.82) is 0 Å². The van der Waals surface area contributed by atoms with Gasteiger partial charge in [0.2, 0.25) is 5.91 Å². The molecule has 0 aromatic carbocycles. The van der Waals surface area contributed by atoms with Crippen LogP contribution in [0, 0.1) is 0 Å². The summed E-state index contributed by atoms with van der Waals surface area (Å²) < 4.78 is 0. The van der Waals surface area contributed by atoms with E-state index in [9.17, 15) is 4.79 Å². The molecule has 5 heteroatoms. The molecule has 0 aliphatic carbocycles. The maximum Gasteiger partial charge on any atom is 0.240 e. The summed E-state index contributed by atoms with van der Waals surface area (Å²) in [6.45, 7) is 9.96. The predicted octanol–water partition coefficient (Wildman–Crippen LogP) is 0.928. The Morgan fingerprint density at radius 3 is 2.61 bits per heavy atom. The summed E-state index contributed by atoms with van der Waals surface area (Å²) in [6, 6.07) is 0.257. The number of nitrogens with zero attached hydrogens (tertiary/aromatic N) is 1. The van der Waals surface area contributed by atoms with Gasteiger partial charge in [-0.25, -0.2) is 0 Å². The largest absolute Gasteiger partial charge is 0.352 e. The fourth-order valence-electron chi connectivity index (χ4n) is 2.13. The lowest BCUT2D eigenvalue weighted by molar-refractivity contribution is -0.132. The van der Waals surface area contributed by atoms with Crippen LogP contribution in [-0.2, 0) is 4.79 Å². The maximum atomic E-state index is 12.4. The summed E-state index contributed by atoms with van der Waals surface area (Å²) in [5.41, 5.74) is -0.407. The van der Waals surface area contributed by atoms with E-state index < -0.39 is 5.54 Å². The second-order valence-electron chi connectivity index (χ2n) is 5.45. The van der Waals surface area contributed by atoms with Crippen LogP contribution in [0.1, 0.15) is 27.2 Å². The number of piperazine rings is 1. The smallest absolute Gasteiger partial charge is 0.240 e. The third-order valence-corrected chi connectivity index (χ3v) is 4.24. The van der Waals surface area contributed by atoms with E-state index in [-0.39, 0.29) is 11.9 Å². The molecule has 1 heterocycles. The number of rotatable bonds is 6. The topological polar surface area (TPSA) is 44.4 Å². The van der Waals surface area contributed by atoms with Crippen LogP contribution in [0.25, 0.3) is 0 Å². The first-order valence-corrected chi connectivity index (χ1v) is 8.13. The molecule has 0 bridgehead atoms. The molecule has 1 rings (SSSR count). The Balaban J connectivity index is 2.47. The molecular formula is C13H27N3OS. The molecule has 0 aromatic heterocycles. The van der Waals surface area contributed by atoms with Crippen LogP contribution >= 0.6 is 11.8 Å². The van der Waals surface area contributed by atoms with Gasteiger partial charge in [-0.2, -0.15) is 11.8 Å². The SMILES string of the molecule is CSCCC(C)NC(=O)C(C)(C)N1CCNCC1. The molecular weight excluding hydrogens is 246 g/mol. The van der Waals surface area contributed by atoms with Gasteiger partial charge < -0.3 is 10.6 Å². The highest BCUT2D eigenvalue weighted by Gasteiger charge is 2.35. The van der Waals surface area contributed by atoms with E-state index in [1.54, 1.807) is 0 Å². The van der Waals surface area contributed by atoms with E-state index in [1.807, 2.05) is 25.6 Å². The first-order valence-electron chi connectivity index (χ1n) is 6.74. The van der Waals surface area contributed by atoms with Crippen molar-refractivity contribution in [2.24, 2.45) is 0 Å². The van der Waals surface area contributed by atoms with Crippen molar-refractivity contribution < 1.29 is 4.79 Å². The Morgan fingerprint density at radius 1 is 1.44 bits per heavy atom. The number of nitrogens with one attached hydrogen (secondary N) is 2. The molecule has 1 aliphatic rings. The molecule has 0 spiro atoms. The quantitative estimate of drug-likeness (QED) is 0.756. The summed E-state index contributed by atoms with van der Waals surface area (Å²) in [6.07, 6.45) is 3.13. The van der Waals surface area contributed by atoms with Gasteiger partial charge in [-0.1, -0.05) is 0 Å². The number of hydrogen-bond acceptors (Lipinski definition) is 4. The summed E-state index contributed by atoms with van der Waals surface area (Å²) in [7, 11) is 0. The highest BCUT2D eigenvalue weighted by Crippen LogP contribution is 2.16. The van der Waals surface area contributed by atoms with Crippen molar-refractivity contribution in [2.45, 2.75) is 38.8 Å². The summed E-state index contributed by atoms with van der Waals surface area (Å²) in [5, 5.41) is 6.46. The molecule has 1 amide bonds. The fraction of sp³-hybridized carbons (Fsp3) is 0.923. The Bertz CT molecular complexity index is 265. The third-order valence-electron chi connectivity index (χ3n) is 3.60. The Morgan fingerprint density at radius 2 is 2.06 bits per heavy atom. The highest BCUT2D eigenvalue weighted by atomic mass is 32.2. The van der Waals surface area contributed by atoms with Gasteiger partial charge in [-0.3, -0.25) is 9.69 Å². The minimum atomic E-state index is -0.407. The first-order chi connectivity index (χ1) is 8.48. The van der Waals surface area contributed by atoms with E-state index in [0.29, 0.717) is 0 Å². The lowest BCUT2D eigenvalue weighted by atomic mass is 10.00. The monoisotopic (exact) mass is 273 g/mol. The van der Waals surface area contributed by atoms with Crippen LogP contribution in [-0.4, -0.2) is 60.6 Å². The molecule has 18 heavy (non-hydrogen) atoms. The van der Waals surface area contributed by atoms with Crippen molar-refractivity contribution in [3.63, 3.8) is 0 Å². The lowest BCUT2D eigenvalue weighted by Crippen LogP contribution is -2.60. The predicted molar refractivity (Wildman–Crippen MR) is 79.1 cm³/mol. The zero-order valence-electron chi connectivity index (χ0n) is 12.1. The summed E-state index contributed by atoms with van der Waals surface area (Å²) in [4.78, 5) is 14.6. The average molecular weight is 273 g/mol. The molecule has 1 saturated heterocycles. The summed E-state index contributed by atoms with van der Waals surface area (Å²) in [5.74, 6) is 1.24. The van der Waals surface area contributed by atoms with E-state index in [0.717, 1.165) is 38.4 Å². The maximum absolute atomic E-state index is 12.4. The van der Waals surface area contributed by atoms with Crippen molar-refractivity contribution in [3.8, 4) is 0 Å². The zero-order chi connectivity index (χ0) is 13.6. The summed E-state index contributed by atoms with van der Waals surface area (Å²) >= 11 is 1.82. The van der Waals surface area contributed by atoms with Gasteiger partial charge in [0.1, 0.15) is 0 Å². The van der Waals surface area contributed by atoms with Crippen molar-refractivity contribution in [1.82, 2.24) is 15.5 Å². The first kappa shape index (κ1) is 15.8. The molecule has 1 unspecified atom stereocenters. The van der Waals surface area contributed by atoms with Crippen LogP contribution in [0.5, 0.6) is 0 Å². The average Bonchev–Trinajstić information content (AvgIpc) is 2.37. The number of hydrogen-bond donors (Lipinski definition) is 2. The number of thioether (sulfide) groups is 1. The van der Waals surface area contributed by atoms with Gasteiger partial charge in [-0.15, -0.1) is 0 Å². The minimum absolute atomic E-state index is 0.151. The Hall–Kier alpha value is -0.260.